The highest BCUT2D eigenvalue weighted by Crippen LogP contribution is 2.28. The third-order valence-corrected chi connectivity index (χ3v) is 8.33. The number of rotatable bonds is 6. The first kappa shape index (κ1) is 20.1. The number of nitrogens with zero attached hydrogens (tertiary/aromatic N) is 3. The van der Waals surface area contributed by atoms with Gasteiger partial charge in [0.1, 0.15) is 22.1 Å². The van der Waals surface area contributed by atoms with Crippen LogP contribution in [0.4, 0.5) is 0 Å². The predicted molar refractivity (Wildman–Crippen MR) is 113 cm³/mol. The first-order chi connectivity index (χ1) is 14.1. The lowest BCUT2D eigenvalue weighted by molar-refractivity contribution is 0.0469. The van der Waals surface area contributed by atoms with E-state index >= 15 is 0 Å². The van der Waals surface area contributed by atoms with Crippen molar-refractivity contribution in [2.24, 2.45) is 0 Å². The van der Waals surface area contributed by atoms with Gasteiger partial charge in [-0.2, -0.15) is 21.2 Å². The number of hydrogen-bond donors (Lipinski definition) is 0. The average molecular weight is 450 g/mol. The van der Waals surface area contributed by atoms with Gasteiger partial charge in [-0.15, -0.1) is 11.3 Å². The van der Waals surface area contributed by atoms with Gasteiger partial charge in [0.25, 0.3) is 0 Å². The van der Waals surface area contributed by atoms with Crippen molar-refractivity contribution >= 4 is 39.1 Å². The normalized spacial score (nSPS) is 15.3. The summed E-state index contributed by atoms with van der Waals surface area (Å²) in [6.45, 7) is 0.874. The molecule has 2 aromatic heterocycles. The lowest BCUT2D eigenvalue weighted by atomic mass is 10.3. The van der Waals surface area contributed by atoms with Crippen LogP contribution in [0.2, 0.25) is 0 Å². The van der Waals surface area contributed by atoms with Crippen LogP contribution in [0.5, 0.6) is 0 Å². The third-order valence-electron chi connectivity index (χ3n) is 4.42. The summed E-state index contributed by atoms with van der Waals surface area (Å²) in [5, 5.41) is 6.00. The number of ether oxygens (including phenoxy) is 1. The van der Waals surface area contributed by atoms with Crippen LogP contribution < -0.4 is 0 Å². The Labute approximate surface area is 177 Å². The predicted octanol–water partition coefficient (Wildman–Crippen LogP) is 3.03. The van der Waals surface area contributed by atoms with Crippen molar-refractivity contribution in [3.63, 3.8) is 0 Å². The number of sulfonamides is 1. The highest BCUT2D eigenvalue weighted by atomic mass is 32.2. The van der Waals surface area contributed by atoms with Gasteiger partial charge in [-0.3, -0.25) is 0 Å². The van der Waals surface area contributed by atoms with E-state index in [0.717, 1.165) is 28.5 Å². The molecule has 0 spiro atoms. The summed E-state index contributed by atoms with van der Waals surface area (Å²) in [7, 11) is -3.70. The molecule has 0 aliphatic carbocycles. The molecule has 1 aliphatic heterocycles. The molecule has 4 rings (SSSR count). The minimum Gasteiger partial charge on any atom is -0.455 e. The number of thioether (sulfide) groups is 1. The Bertz CT molecular complexity index is 1090. The molecule has 10 heteroatoms. The fourth-order valence-electron chi connectivity index (χ4n) is 2.94. The van der Waals surface area contributed by atoms with Crippen LogP contribution in [-0.4, -0.2) is 53.1 Å². The first-order valence-corrected chi connectivity index (χ1v) is 12.5. The second kappa shape index (κ2) is 8.70. The van der Waals surface area contributed by atoms with Gasteiger partial charge >= 0.3 is 5.97 Å². The van der Waals surface area contributed by atoms with E-state index < -0.39 is 16.0 Å². The van der Waals surface area contributed by atoms with Gasteiger partial charge in [-0.25, -0.2) is 17.9 Å². The summed E-state index contributed by atoms with van der Waals surface area (Å²) in [6, 6.07) is 12.8. The summed E-state index contributed by atoms with van der Waals surface area (Å²) in [6.07, 6.45) is 1.79. The summed E-state index contributed by atoms with van der Waals surface area (Å²) < 4.78 is 34.3. The van der Waals surface area contributed by atoms with Gasteiger partial charge in [-0.1, -0.05) is 18.2 Å². The Balaban J connectivity index is 1.45. The molecular weight excluding hydrogens is 430 g/mol. The van der Waals surface area contributed by atoms with Crippen LogP contribution in [0.1, 0.15) is 15.4 Å². The Morgan fingerprint density at radius 1 is 1.10 bits per heavy atom. The topological polar surface area (TPSA) is 81.5 Å². The maximum Gasteiger partial charge on any atom is 0.350 e. The van der Waals surface area contributed by atoms with Crippen molar-refractivity contribution in [1.82, 2.24) is 14.1 Å². The monoisotopic (exact) mass is 449 g/mol. The molecule has 3 aromatic rings. The smallest absolute Gasteiger partial charge is 0.350 e. The average Bonchev–Trinajstić information content (AvgIpc) is 3.43. The minimum absolute atomic E-state index is 0.0224. The zero-order valence-electron chi connectivity index (χ0n) is 15.4. The molecule has 0 bridgehead atoms. The molecular formula is C19H19N3O4S3. The second-order valence-electron chi connectivity index (χ2n) is 6.29. The SMILES string of the molecule is O=C(OCc1ccn(-c2ccccc2)n1)c1sccc1S(=O)(=O)N1CCSCC1. The number of para-hydroxylation sites is 1. The Morgan fingerprint density at radius 2 is 1.86 bits per heavy atom. The van der Waals surface area contributed by atoms with Crippen molar-refractivity contribution < 1.29 is 17.9 Å². The molecule has 1 aromatic carbocycles. The van der Waals surface area contributed by atoms with Gasteiger partial charge < -0.3 is 4.74 Å². The molecule has 0 radical (unpaired) electrons. The first-order valence-electron chi connectivity index (χ1n) is 8.98. The van der Waals surface area contributed by atoms with Gasteiger partial charge in [0.15, 0.2) is 0 Å². The maximum absolute atomic E-state index is 12.9. The lowest BCUT2D eigenvalue weighted by Crippen LogP contribution is -2.38. The standard InChI is InChI=1S/C19H19N3O4S3/c23-19(26-14-15-6-8-22(20-15)16-4-2-1-3-5-16)18-17(7-11-28-18)29(24,25)21-9-12-27-13-10-21/h1-8,11H,9-10,12-14H2. The zero-order valence-corrected chi connectivity index (χ0v) is 17.9. The van der Waals surface area contributed by atoms with Gasteiger partial charge in [0, 0.05) is 30.8 Å². The molecule has 152 valence electrons. The van der Waals surface area contributed by atoms with E-state index in [-0.39, 0.29) is 16.4 Å². The number of benzene rings is 1. The van der Waals surface area contributed by atoms with Crippen LogP contribution in [0.25, 0.3) is 5.69 Å². The van der Waals surface area contributed by atoms with E-state index in [0.29, 0.717) is 18.8 Å². The van der Waals surface area contributed by atoms with Crippen LogP contribution >= 0.6 is 23.1 Å². The Kier molecular flexibility index (Phi) is 6.04. The number of aromatic nitrogens is 2. The van der Waals surface area contributed by atoms with Crippen LogP contribution in [0.3, 0.4) is 0 Å². The molecule has 0 saturated carbocycles. The van der Waals surface area contributed by atoms with E-state index in [1.54, 1.807) is 34.1 Å². The molecule has 1 fully saturated rings. The van der Waals surface area contributed by atoms with Crippen molar-refractivity contribution in [2.45, 2.75) is 11.5 Å². The van der Waals surface area contributed by atoms with Crippen LogP contribution in [-0.2, 0) is 21.4 Å². The molecule has 3 heterocycles. The van der Waals surface area contributed by atoms with Crippen molar-refractivity contribution in [3.8, 4) is 5.69 Å². The Morgan fingerprint density at radius 3 is 2.62 bits per heavy atom. The number of carbonyl (C=O) groups excluding carboxylic acids is 1. The van der Waals surface area contributed by atoms with E-state index in [2.05, 4.69) is 5.10 Å². The van der Waals surface area contributed by atoms with Crippen LogP contribution in [0.15, 0.2) is 58.9 Å². The third kappa shape index (κ3) is 4.40. The van der Waals surface area contributed by atoms with E-state index in [1.165, 1.54) is 10.4 Å². The van der Waals surface area contributed by atoms with Gasteiger partial charge in [-0.05, 0) is 29.6 Å². The largest absolute Gasteiger partial charge is 0.455 e. The highest BCUT2D eigenvalue weighted by molar-refractivity contribution is 7.99. The van der Waals surface area contributed by atoms with E-state index in [9.17, 15) is 13.2 Å². The Hall–Kier alpha value is -2.14. The van der Waals surface area contributed by atoms with E-state index in [4.69, 9.17) is 4.74 Å². The summed E-state index contributed by atoms with van der Waals surface area (Å²) in [5.41, 5.74) is 1.48. The maximum atomic E-state index is 12.9. The lowest BCUT2D eigenvalue weighted by Gasteiger charge is -2.25. The number of thiophene rings is 1. The second-order valence-corrected chi connectivity index (χ2v) is 10.3. The molecule has 1 saturated heterocycles. The zero-order chi connectivity index (χ0) is 20.3. The van der Waals surface area contributed by atoms with Gasteiger partial charge in [0.05, 0.1) is 5.69 Å². The molecule has 0 N–H and O–H groups in total. The summed E-state index contributed by atoms with van der Waals surface area (Å²) in [4.78, 5) is 12.7. The molecule has 0 atom stereocenters. The minimum atomic E-state index is -3.70. The number of hydrogen-bond acceptors (Lipinski definition) is 7. The highest BCUT2D eigenvalue weighted by Gasteiger charge is 2.31. The van der Waals surface area contributed by atoms with Crippen molar-refractivity contribution in [2.75, 3.05) is 24.6 Å². The summed E-state index contributed by atoms with van der Waals surface area (Å²) in [5.74, 6) is 0.861. The molecule has 1 aliphatic rings. The van der Waals surface area contributed by atoms with E-state index in [1.807, 2.05) is 30.3 Å². The van der Waals surface area contributed by atoms with Crippen LogP contribution in [0, 0.1) is 0 Å². The van der Waals surface area contributed by atoms with Crippen molar-refractivity contribution in [3.05, 3.63) is 64.6 Å². The van der Waals surface area contributed by atoms with Crippen molar-refractivity contribution in [1.29, 1.82) is 0 Å². The molecule has 0 amide bonds. The fourth-order valence-corrected chi connectivity index (χ4v) is 6.80. The molecule has 7 nitrogen and oxygen atoms in total. The number of esters is 1. The summed E-state index contributed by atoms with van der Waals surface area (Å²) >= 11 is 2.80. The molecule has 0 unspecified atom stereocenters. The molecule has 29 heavy (non-hydrogen) atoms. The van der Waals surface area contributed by atoms with Gasteiger partial charge in [0.2, 0.25) is 10.0 Å². The quantitative estimate of drug-likeness (QED) is 0.538. The number of carbonyl (C=O) groups is 1. The fraction of sp³-hybridized carbons (Fsp3) is 0.263.